The van der Waals surface area contributed by atoms with Crippen LogP contribution in [0.4, 0.5) is 4.39 Å². The molecule has 0 aliphatic rings. The van der Waals surface area contributed by atoms with E-state index in [0.29, 0.717) is 5.56 Å². The molecule has 0 atom stereocenters. The molecule has 0 aliphatic carbocycles. The Bertz CT molecular complexity index is 605. The van der Waals surface area contributed by atoms with E-state index < -0.39 is 5.82 Å². The van der Waals surface area contributed by atoms with Gasteiger partial charge in [0.2, 0.25) is 0 Å². The average Bonchev–Trinajstić information content (AvgIpc) is 2.36. The van der Waals surface area contributed by atoms with Crippen LogP contribution in [0.25, 0.3) is 6.08 Å². The van der Waals surface area contributed by atoms with Crippen LogP contribution in [0.5, 0.6) is 0 Å². The lowest BCUT2D eigenvalue weighted by Crippen LogP contribution is -1.94. The average molecular weight is 241 g/mol. The lowest BCUT2D eigenvalue weighted by molar-refractivity contribution is 0.104. The molecule has 0 saturated carbocycles. The van der Waals surface area contributed by atoms with Crippen LogP contribution in [0, 0.1) is 12.7 Å². The van der Waals surface area contributed by atoms with Gasteiger partial charge in [0, 0.05) is 17.5 Å². The standard InChI is InChI=1S/C15H12FNO/c1-11-9-12(7-8-17-11)5-6-15(18)13-3-2-4-14(16)10-13/h2-10H,1H3/b6-5-. The highest BCUT2D eigenvalue weighted by Gasteiger charge is 2.02. The summed E-state index contributed by atoms with van der Waals surface area (Å²) in [4.78, 5) is 15.9. The first-order valence-electron chi connectivity index (χ1n) is 5.56. The highest BCUT2D eigenvalue weighted by atomic mass is 19.1. The number of nitrogens with zero attached hydrogens (tertiary/aromatic N) is 1. The minimum absolute atomic E-state index is 0.219. The number of aromatic nitrogens is 1. The zero-order valence-electron chi connectivity index (χ0n) is 9.93. The van der Waals surface area contributed by atoms with E-state index in [2.05, 4.69) is 4.98 Å². The molecule has 0 bridgehead atoms. The maximum absolute atomic E-state index is 13.0. The van der Waals surface area contributed by atoms with Crippen LogP contribution in [0.1, 0.15) is 21.6 Å². The molecule has 3 heteroatoms. The SMILES string of the molecule is Cc1cc(/C=C\C(=O)c2cccc(F)c2)ccn1. The summed E-state index contributed by atoms with van der Waals surface area (Å²) in [6.45, 7) is 1.88. The van der Waals surface area contributed by atoms with Gasteiger partial charge >= 0.3 is 0 Å². The third-order valence-corrected chi connectivity index (χ3v) is 2.46. The zero-order chi connectivity index (χ0) is 13.0. The number of hydrogen-bond donors (Lipinski definition) is 0. The predicted octanol–water partition coefficient (Wildman–Crippen LogP) is 3.43. The van der Waals surface area contributed by atoms with E-state index in [0.717, 1.165) is 11.3 Å². The van der Waals surface area contributed by atoms with Crippen LogP contribution in [0.2, 0.25) is 0 Å². The van der Waals surface area contributed by atoms with Gasteiger partial charge in [0.05, 0.1) is 0 Å². The largest absolute Gasteiger partial charge is 0.289 e. The molecule has 0 aliphatic heterocycles. The minimum atomic E-state index is -0.408. The van der Waals surface area contributed by atoms with Gasteiger partial charge in [-0.3, -0.25) is 9.78 Å². The summed E-state index contributed by atoms with van der Waals surface area (Å²) >= 11 is 0. The van der Waals surface area contributed by atoms with Crippen LogP contribution in [0.3, 0.4) is 0 Å². The molecule has 0 amide bonds. The first-order chi connectivity index (χ1) is 8.65. The lowest BCUT2D eigenvalue weighted by Gasteiger charge is -1.97. The molecular weight excluding hydrogens is 229 g/mol. The predicted molar refractivity (Wildman–Crippen MR) is 68.7 cm³/mol. The molecule has 0 radical (unpaired) electrons. The van der Waals surface area contributed by atoms with E-state index in [4.69, 9.17) is 0 Å². The Balaban J connectivity index is 2.17. The molecule has 2 aromatic rings. The number of halogens is 1. The molecule has 0 spiro atoms. The Morgan fingerprint density at radius 1 is 1.28 bits per heavy atom. The molecular formula is C15H12FNO. The Morgan fingerprint density at radius 3 is 2.83 bits per heavy atom. The second kappa shape index (κ2) is 5.36. The summed E-state index contributed by atoms with van der Waals surface area (Å²) in [5.74, 6) is -0.627. The summed E-state index contributed by atoms with van der Waals surface area (Å²) in [7, 11) is 0. The van der Waals surface area contributed by atoms with E-state index >= 15 is 0 Å². The fraction of sp³-hybridized carbons (Fsp3) is 0.0667. The van der Waals surface area contributed by atoms with Crippen LogP contribution >= 0.6 is 0 Å². The number of ketones is 1. The molecule has 1 aromatic heterocycles. The topological polar surface area (TPSA) is 30.0 Å². The number of carbonyl (C=O) groups is 1. The van der Waals surface area contributed by atoms with Crippen molar-refractivity contribution in [2.75, 3.05) is 0 Å². The molecule has 90 valence electrons. The van der Waals surface area contributed by atoms with Gasteiger partial charge in [-0.05, 0) is 42.8 Å². The van der Waals surface area contributed by atoms with Gasteiger partial charge in [-0.2, -0.15) is 0 Å². The molecule has 0 unspecified atom stereocenters. The fourth-order valence-electron chi connectivity index (χ4n) is 1.58. The molecule has 0 saturated heterocycles. The summed E-state index contributed by atoms with van der Waals surface area (Å²) < 4.78 is 13.0. The van der Waals surface area contributed by atoms with Crippen molar-refractivity contribution < 1.29 is 9.18 Å². The third-order valence-electron chi connectivity index (χ3n) is 2.46. The fourth-order valence-corrected chi connectivity index (χ4v) is 1.58. The van der Waals surface area contributed by atoms with Crippen LogP contribution in [0.15, 0.2) is 48.7 Å². The molecule has 2 nitrogen and oxygen atoms in total. The molecule has 0 fully saturated rings. The number of rotatable bonds is 3. The van der Waals surface area contributed by atoms with E-state index in [1.807, 2.05) is 19.1 Å². The molecule has 1 heterocycles. The van der Waals surface area contributed by atoms with E-state index in [1.165, 1.54) is 24.3 Å². The number of carbonyl (C=O) groups excluding carboxylic acids is 1. The molecule has 1 aromatic carbocycles. The summed E-state index contributed by atoms with van der Waals surface area (Å²) in [6, 6.07) is 9.33. The maximum Gasteiger partial charge on any atom is 0.185 e. The zero-order valence-corrected chi connectivity index (χ0v) is 9.93. The number of allylic oxidation sites excluding steroid dienone is 1. The van der Waals surface area contributed by atoms with Crippen molar-refractivity contribution in [1.29, 1.82) is 0 Å². The van der Waals surface area contributed by atoms with Crippen molar-refractivity contribution in [2.24, 2.45) is 0 Å². The van der Waals surface area contributed by atoms with Gasteiger partial charge in [0.15, 0.2) is 5.78 Å². The molecule has 2 rings (SSSR count). The number of aryl methyl sites for hydroxylation is 1. The van der Waals surface area contributed by atoms with Crippen molar-refractivity contribution in [3.8, 4) is 0 Å². The second-order valence-corrected chi connectivity index (χ2v) is 3.94. The van der Waals surface area contributed by atoms with Crippen molar-refractivity contribution in [2.45, 2.75) is 6.92 Å². The quantitative estimate of drug-likeness (QED) is 0.608. The van der Waals surface area contributed by atoms with Crippen LogP contribution in [-0.4, -0.2) is 10.8 Å². The molecule has 18 heavy (non-hydrogen) atoms. The monoisotopic (exact) mass is 241 g/mol. The van der Waals surface area contributed by atoms with Crippen molar-refractivity contribution in [3.63, 3.8) is 0 Å². The van der Waals surface area contributed by atoms with Gasteiger partial charge < -0.3 is 0 Å². The van der Waals surface area contributed by atoms with E-state index in [9.17, 15) is 9.18 Å². The summed E-state index contributed by atoms with van der Waals surface area (Å²) in [5.41, 5.74) is 2.12. The Hall–Kier alpha value is -2.29. The first-order valence-corrected chi connectivity index (χ1v) is 5.56. The number of hydrogen-bond acceptors (Lipinski definition) is 2. The van der Waals surface area contributed by atoms with Gasteiger partial charge in [-0.15, -0.1) is 0 Å². The normalized spacial score (nSPS) is 10.8. The van der Waals surface area contributed by atoms with Crippen molar-refractivity contribution in [3.05, 3.63) is 71.3 Å². The Morgan fingerprint density at radius 2 is 2.11 bits per heavy atom. The van der Waals surface area contributed by atoms with Crippen molar-refractivity contribution >= 4 is 11.9 Å². The number of benzene rings is 1. The summed E-state index contributed by atoms with van der Waals surface area (Å²) in [5, 5.41) is 0. The van der Waals surface area contributed by atoms with Crippen LogP contribution < -0.4 is 0 Å². The Labute approximate surface area is 105 Å². The third kappa shape index (κ3) is 3.10. The van der Waals surface area contributed by atoms with Gasteiger partial charge in [-0.1, -0.05) is 18.2 Å². The highest BCUT2D eigenvalue weighted by Crippen LogP contribution is 2.08. The van der Waals surface area contributed by atoms with Gasteiger partial charge in [0.25, 0.3) is 0 Å². The minimum Gasteiger partial charge on any atom is -0.289 e. The summed E-state index contributed by atoms with van der Waals surface area (Å²) in [6.07, 6.45) is 4.81. The van der Waals surface area contributed by atoms with Gasteiger partial charge in [0.1, 0.15) is 5.82 Å². The van der Waals surface area contributed by atoms with Crippen molar-refractivity contribution in [1.82, 2.24) is 4.98 Å². The van der Waals surface area contributed by atoms with Crippen LogP contribution in [-0.2, 0) is 0 Å². The molecule has 0 N–H and O–H groups in total. The smallest absolute Gasteiger partial charge is 0.185 e. The van der Waals surface area contributed by atoms with Gasteiger partial charge in [-0.25, -0.2) is 4.39 Å². The van der Waals surface area contributed by atoms with E-state index in [-0.39, 0.29) is 5.78 Å². The second-order valence-electron chi connectivity index (χ2n) is 3.94. The van der Waals surface area contributed by atoms with E-state index in [1.54, 1.807) is 18.3 Å². The highest BCUT2D eigenvalue weighted by molar-refractivity contribution is 6.06. The number of pyridine rings is 1. The Kier molecular flexibility index (Phi) is 3.63. The lowest BCUT2D eigenvalue weighted by atomic mass is 10.1. The first kappa shape index (κ1) is 12.2. The maximum atomic E-state index is 13.0.